The Kier molecular flexibility index (Phi) is 4.00. The number of nitro groups is 1. The second kappa shape index (κ2) is 5.73. The molecule has 0 bridgehead atoms. The molecule has 8 heteroatoms. The molecular weight excluding hydrogens is 306 g/mol. The van der Waals surface area contributed by atoms with Gasteiger partial charge in [0.2, 0.25) is 11.6 Å². The van der Waals surface area contributed by atoms with Gasteiger partial charge in [0, 0.05) is 11.1 Å². The van der Waals surface area contributed by atoms with E-state index in [0.29, 0.717) is 6.07 Å². The smallest absolute Gasteiger partial charge is 0.314 e. The maximum atomic E-state index is 13.7. The molecule has 106 valence electrons. The fourth-order valence-electron chi connectivity index (χ4n) is 1.57. The van der Waals surface area contributed by atoms with Gasteiger partial charge in [0.25, 0.3) is 0 Å². The summed E-state index contributed by atoms with van der Waals surface area (Å²) in [5.74, 6) is -3.79. The average Bonchev–Trinajstić information content (AvgIpc) is 2.43. The van der Waals surface area contributed by atoms with E-state index in [4.69, 9.17) is 21.6 Å². The molecule has 0 heterocycles. The molecule has 0 aliphatic carbocycles. The summed E-state index contributed by atoms with van der Waals surface area (Å²) in [5, 5.41) is 19.7. The SMILES string of the molecule is N#Cc1cc(Cl)cc(Oc2c([N+](=O)[O-])ccc(F)c2F)c1. The summed E-state index contributed by atoms with van der Waals surface area (Å²) in [7, 11) is 0. The number of hydrogen-bond acceptors (Lipinski definition) is 4. The van der Waals surface area contributed by atoms with Crippen LogP contribution in [0.3, 0.4) is 0 Å². The molecule has 5 nitrogen and oxygen atoms in total. The first-order valence-electron chi connectivity index (χ1n) is 5.43. The maximum absolute atomic E-state index is 13.7. The van der Waals surface area contributed by atoms with E-state index in [2.05, 4.69) is 0 Å². The Labute approximate surface area is 122 Å². The lowest BCUT2D eigenvalue weighted by Crippen LogP contribution is -1.98. The predicted molar refractivity (Wildman–Crippen MR) is 69.3 cm³/mol. The highest BCUT2D eigenvalue weighted by Gasteiger charge is 2.24. The van der Waals surface area contributed by atoms with Crippen LogP contribution in [-0.2, 0) is 0 Å². The molecule has 0 atom stereocenters. The number of ether oxygens (including phenoxy) is 1. The lowest BCUT2D eigenvalue weighted by Gasteiger charge is -2.08. The number of nitro benzene ring substituents is 1. The number of rotatable bonds is 3. The van der Waals surface area contributed by atoms with Gasteiger partial charge in [-0.15, -0.1) is 0 Å². The van der Waals surface area contributed by atoms with Gasteiger partial charge in [0.05, 0.1) is 16.6 Å². The largest absolute Gasteiger partial charge is 0.447 e. The zero-order valence-electron chi connectivity index (χ0n) is 10.1. The molecule has 0 saturated carbocycles. The Hall–Kier alpha value is -2.72. The molecule has 0 spiro atoms. The van der Waals surface area contributed by atoms with E-state index in [-0.39, 0.29) is 16.3 Å². The van der Waals surface area contributed by atoms with Gasteiger partial charge >= 0.3 is 5.69 Å². The molecule has 0 amide bonds. The average molecular weight is 311 g/mol. The molecule has 0 N–H and O–H groups in total. The molecule has 21 heavy (non-hydrogen) atoms. The van der Waals surface area contributed by atoms with Crippen LogP contribution in [0.4, 0.5) is 14.5 Å². The Morgan fingerprint density at radius 3 is 2.62 bits per heavy atom. The lowest BCUT2D eigenvalue weighted by molar-refractivity contribution is -0.385. The van der Waals surface area contributed by atoms with Crippen molar-refractivity contribution in [3.63, 3.8) is 0 Å². The van der Waals surface area contributed by atoms with Gasteiger partial charge in [-0.05, 0) is 24.3 Å². The summed E-state index contributed by atoms with van der Waals surface area (Å²) < 4.78 is 31.9. The predicted octanol–water partition coefficient (Wildman–Crippen LogP) is 4.19. The van der Waals surface area contributed by atoms with E-state index in [1.54, 1.807) is 6.07 Å². The molecule has 0 aliphatic heterocycles. The fraction of sp³-hybridized carbons (Fsp3) is 0. The molecule has 2 aromatic rings. The number of benzene rings is 2. The standard InChI is InChI=1S/C13H5ClF2N2O3/c14-8-3-7(6-17)4-9(5-8)21-13-11(18(19)20)2-1-10(15)12(13)16/h1-5H. The van der Waals surface area contributed by atoms with Gasteiger partial charge in [0.1, 0.15) is 5.75 Å². The molecule has 2 aromatic carbocycles. The first-order chi connectivity index (χ1) is 9.92. The van der Waals surface area contributed by atoms with Gasteiger partial charge < -0.3 is 4.74 Å². The minimum Gasteiger partial charge on any atom is -0.447 e. The minimum absolute atomic E-state index is 0.108. The quantitative estimate of drug-likeness (QED) is 0.629. The number of hydrogen-bond donors (Lipinski definition) is 0. The topological polar surface area (TPSA) is 76.2 Å². The maximum Gasteiger partial charge on any atom is 0.314 e. The van der Waals surface area contributed by atoms with Crippen molar-refractivity contribution in [3.8, 4) is 17.6 Å². The molecule has 2 rings (SSSR count). The molecular formula is C13H5ClF2N2O3. The van der Waals surface area contributed by atoms with Crippen molar-refractivity contribution in [3.05, 3.63) is 62.7 Å². The van der Waals surface area contributed by atoms with Crippen LogP contribution < -0.4 is 4.74 Å². The van der Waals surface area contributed by atoms with Crippen molar-refractivity contribution in [2.45, 2.75) is 0 Å². The zero-order chi connectivity index (χ0) is 15.6. The van der Waals surface area contributed by atoms with Gasteiger partial charge in [-0.3, -0.25) is 10.1 Å². The molecule has 0 aromatic heterocycles. The van der Waals surface area contributed by atoms with Gasteiger partial charge in [-0.25, -0.2) is 4.39 Å². The summed E-state index contributed by atoms with van der Waals surface area (Å²) in [6.45, 7) is 0. The van der Waals surface area contributed by atoms with Crippen molar-refractivity contribution in [2.75, 3.05) is 0 Å². The van der Waals surface area contributed by atoms with Crippen LogP contribution in [0.15, 0.2) is 30.3 Å². The lowest BCUT2D eigenvalue weighted by atomic mass is 10.2. The van der Waals surface area contributed by atoms with E-state index in [1.807, 2.05) is 0 Å². The molecule has 0 fully saturated rings. The monoisotopic (exact) mass is 310 g/mol. The van der Waals surface area contributed by atoms with Crippen LogP contribution in [0.1, 0.15) is 5.56 Å². The third-order valence-electron chi connectivity index (χ3n) is 2.45. The third kappa shape index (κ3) is 3.07. The van der Waals surface area contributed by atoms with E-state index in [1.165, 1.54) is 18.2 Å². The summed E-state index contributed by atoms with van der Waals surface area (Å²) in [5.41, 5.74) is -0.635. The van der Waals surface area contributed by atoms with Crippen LogP contribution in [-0.4, -0.2) is 4.92 Å². The van der Waals surface area contributed by atoms with Gasteiger partial charge in [0.15, 0.2) is 5.82 Å². The van der Waals surface area contributed by atoms with Crippen molar-refractivity contribution in [1.82, 2.24) is 0 Å². The minimum atomic E-state index is -1.50. The Morgan fingerprint density at radius 2 is 2.00 bits per heavy atom. The van der Waals surface area contributed by atoms with Gasteiger partial charge in [-0.1, -0.05) is 11.6 Å². The first-order valence-corrected chi connectivity index (χ1v) is 5.81. The second-order valence-corrected chi connectivity index (χ2v) is 4.29. The van der Waals surface area contributed by atoms with Crippen LogP contribution in [0.25, 0.3) is 0 Å². The van der Waals surface area contributed by atoms with Crippen LogP contribution in [0.2, 0.25) is 5.02 Å². The van der Waals surface area contributed by atoms with E-state index < -0.39 is 28.0 Å². The van der Waals surface area contributed by atoms with Crippen LogP contribution in [0, 0.1) is 33.1 Å². The highest BCUT2D eigenvalue weighted by Crippen LogP contribution is 2.36. The van der Waals surface area contributed by atoms with E-state index in [0.717, 1.165) is 6.07 Å². The van der Waals surface area contributed by atoms with Crippen LogP contribution >= 0.6 is 11.6 Å². The van der Waals surface area contributed by atoms with Crippen molar-refractivity contribution < 1.29 is 18.4 Å². The highest BCUT2D eigenvalue weighted by atomic mass is 35.5. The Morgan fingerprint density at radius 1 is 1.29 bits per heavy atom. The van der Waals surface area contributed by atoms with E-state index >= 15 is 0 Å². The number of nitriles is 1. The highest BCUT2D eigenvalue weighted by molar-refractivity contribution is 6.30. The first kappa shape index (κ1) is 14.7. The summed E-state index contributed by atoms with van der Waals surface area (Å²) >= 11 is 5.74. The molecule has 0 radical (unpaired) electrons. The summed E-state index contributed by atoms with van der Waals surface area (Å²) in [4.78, 5) is 9.91. The Bertz CT molecular complexity index is 775. The van der Waals surface area contributed by atoms with Crippen molar-refractivity contribution in [2.24, 2.45) is 0 Å². The number of halogens is 3. The van der Waals surface area contributed by atoms with Crippen molar-refractivity contribution >= 4 is 17.3 Å². The molecule has 0 aliphatic rings. The number of nitrogens with zero attached hydrogens (tertiary/aromatic N) is 2. The third-order valence-corrected chi connectivity index (χ3v) is 2.66. The molecule has 0 saturated heterocycles. The Balaban J connectivity index is 2.54. The summed E-state index contributed by atoms with van der Waals surface area (Å²) in [6, 6.07) is 6.93. The van der Waals surface area contributed by atoms with Crippen LogP contribution in [0.5, 0.6) is 11.5 Å². The summed E-state index contributed by atoms with van der Waals surface area (Å²) in [6.07, 6.45) is 0. The second-order valence-electron chi connectivity index (χ2n) is 3.86. The van der Waals surface area contributed by atoms with Gasteiger partial charge in [-0.2, -0.15) is 9.65 Å². The molecule has 0 unspecified atom stereocenters. The zero-order valence-corrected chi connectivity index (χ0v) is 10.9. The fourth-order valence-corrected chi connectivity index (χ4v) is 1.79. The van der Waals surface area contributed by atoms with E-state index in [9.17, 15) is 18.9 Å². The van der Waals surface area contributed by atoms with Crippen molar-refractivity contribution in [1.29, 1.82) is 5.26 Å². The normalized spacial score (nSPS) is 10.0.